The molecule has 0 aromatic heterocycles. The minimum atomic E-state index is 0. The molecule has 5 radical (unpaired) electrons. The normalized spacial score (nSPS) is 6.60. The van der Waals surface area contributed by atoms with Gasteiger partial charge in [0.15, 0.2) is 0 Å². The molecule has 0 atom stereocenters. The molecule has 0 bridgehead atoms. The second-order valence-corrected chi connectivity index (χ2v) is 1.87. The van der Waals surface area contributed by atoms with E-state index in [2.05, 4.69) is 21.1 Å². The summed E-state index contributed by atoms with van der Waals surface area (Å²) in [7, 11) is 2.36. The van der Waals surface area contributed by atoms with Gasteiger partial charge in [-0.1, -0.05) is 26.7 Å². The van der Waals surface area contributed by atoms with Crippen LogP contribution in [-0.4, -0.2) is 7.28 Å². The van der Waals surface area contributed by atoms with Gasteiger partial charge < -0.3 is 7.28 Å². The summed E-state index contributed by atoms with van der Waals surface area (Å²) in [5.74, 6) is 0. The predicted molar refractivity (Wildman–Crippen MR) is 35.9 cm³/mol. The summed E-state index contributed by atoms with van der Waals surface area (Å²) in [6, 6.07) is 0. The first-order valence-corrected chi connectivity index (χ1v) is 3.23. The average Bonchev–Trinajstić information content (AvgIpc) is 1.69. The first-order chi connectivity index (χ1) is 3.41. The van der Waals surface area contributed by atoms with Crippen molar-refractivity contribution in [3.8, 4) is 0 Å². The molecular formula is C6H14BY3-. The fourth-order valence-corrected chi connectivity index (χ4v) is 0.553. The topological polar surface area (TPSA) is 0 Å². The second kappa shape index (κ2) is 22.8. The minimum Gasteiger partial charge on any atom is -0.336 e. The van der Waals surface area contributed by atoms with Gasteiger partial charge in [0.25, 0.3) is 0 Å². The Bertz CT molecular complexity index is 32.2. The Hall–Kier alpha value is 3.38. The van der Waals surface area contributed by atoms with Crippen molar-refractivity contribution in [2.24, 2.45) is 0 Å². The first-order valence-electron chi connectivity index (χ1n) is 3.23. The van der Waals surface area contributed by atoms with Gasteiger partial charge in [0.1, 0.15) is 0 Å². The van der Waals surface area contributed by atoms with E-state index in [0.29, 0.717) is 0 Å². The maximum absolute atomic E-state index is 2.36. The van der Waals surface area contributed by atoms with E-state index < -0.39 is 0 Å². The van der Waals surface area contributed by atoms with Crippen LogP contribution in [0.4, 0.5) is 0 Å². The fraction of sp³-hybridized carbons (Fsp3) is 1.00. The van der Waals surface area contributed by atoms with E-state index >= 15 is 0 Å². The fourth-order valence-electron chi connectivity index (χ4n) is 0.553. The van der Waals surface area contributed by atoms with Crippen molar-refractivity contribution < 1.29 is 98.1 Å². The second-order valence-electron chi connectivity index (χ2n) is 1.87. The van der Waals surface area contributed by atoms with Crippen LogP contribution in [0.25, 0.3) is 0 Å². The first kappa shape index (κ1) is 23.3. The van der Waals surface area contributed by atoms with Gasteiger partial charge in [-0.15, -0.1) is 0 Å². The van der Waals surface area contributed by atoms with Gasteiger partial charge in [-0.2, -0.15) is 0 Å². The Morgan fingerprint density at radius 1 is 0.800 bits per heavy atom. The van der Waals surface area contributed by atoms with Crippen molar-refractivity contribution in [2.45, 2.75) is 39.3 Å². The third-order valence-electron chi connectivity index (χ3n) is 0.986. The van der Waals surface area contributed by atoms with Gasteiger partial charge in [-0.3, -0.25) is 0 Å². The molecule has 0 saturated carbocycles. The quantitative estimate of drug-likeness (QED) is 0.531. The van der Waals surface area contributed by atoms with E-state index in [-0.39, 0.29) is 98.1 Å². The zero-order valence-corrected chi connectivity index (χ0v) is 15.7. The summed E-state index contributed by atoms with van der Waals surface area (Å²) < 4.78 is 0. The van der Waals surface area contributed by atoms with Crippen LogP contribution in [0.2, 0.25) is 12.6 Å². The van der Waals surface area contributed by atoms with Crippen molar-refractivity contribution in [3.05, 3.63) is 0 Å². The maximum Gasteiger partial charge on any atom is 0 e. The molecule has 0 heterocycles. The van der Waals surface area contributed by atoms with Crippen molar-refractivity contribution >= 4 is 7.28 Å². The van der Waals surface area contributed by atoms with E-state index in [1.165, 1.54) is 25.5 Å². The molecule has 0 aliphatic heterocycles. The van der Waals surface area contributed by atoms with Crippen molar-refractivity contribution in [3.63, 3.8) is 0 Å². The Morgan fingerprint density at radius 3 is 1.30 bits per heavy atom. The van der Waals surface area contributed by atoms with Crippen molar-refractivity contribution in [1.82, 2.24) is 0 Å². The number of rotatable bonds is 4. The Kier molecular flexibility index (Phi) is 53.2. The Balaban J connectivity index is -0.0000000600. The largest absolute Gasteiger partial charge is 0.336 e. The number of hydrogen-bond donors (Lipinski definition) is 0. The van der Waals surface area contributed by atoms with Gasteiger partial charge in [0.05, 0.1) is 0 Å². The summed E-state index contributed by atoms with van der Waals surface area (Å²) in [6.45, 7) is 4.43. The molecule has 0 nitrogen and oxygen atoms in total. The molecule has 0 fully saturated rings. The summed E-state index contributed by atoms with van der Waals surface area (Å²) in [6.07, 6.45) is 5.21. The molecule has 0 amide bonds. The monoisotopic (exact) mass is 364 g/mol. The molecule has 0 aromatic carbocycles. The molecule has 10 heavy (non-hydrogen) atoms. The van der Waals surface area contributed by atoms with E-state index in [4.69, 9.17) is 0 Å². The molecule has 0 rings (SSSR count). The molecule has 0 aliphatic rings. The molecule has 0 saturated heterocycles. The van der Waals surface area contributed by atoms with Gasteiger partial charge in [-0.25, -0.2) is 12.6 Å². The smallest absolute Gasteiger partial charge is 0 e. The van der Waals surface area contributed by atoms with Gasteiger partial charge >= 0.3 is 0 Å². The Morgan fingerprint density at radius 2 is 1.10 bits per heavy atom. The van der Waals surface area contributed by atoms with Gasteiger partial charge in [0.2, 0.25) is 0 Å². The van der Waals surface area contributed by atoms with Crippen LogP contribution in [0.5, 0.6) is 0 Å². The summed E-state index contributed by atoms with van der Waals surface area (Å²) in [5.41, 5.74) is 0. The van der Waals surface area contributed by atoms with E-state index in [1.807, 2.05) is 0 Å². The van der Waals surface area contributed by atoms with Gasteiger partial charge in [-0.05, 0) is 0 Å². The third-order valence-corrected chi connectivity index (χ3v) is 0.986. The third kappa shape index (κ3) is 22.5. The van der Waals surface area contributed by atoms with E-state index in [0.717, 1.165) is 0 Å². The molecule has 4 heteroatoms. The molecule has 0 aliphatic carbocycles. The predicted octanol–water partition coefficient (Wildman–Crippen LogP) is 2.34. The van der Waals surface area contributed by atoms with Crippen LogP contribution in [-0.2, 0) is 98.1 Å². The average molecular weight is 364 g/mol. The molecule has 0 spiro atoms. The zero-order chi connectivity index (χ0) is 5.54. The maximum atomic E-state index is 2.36. The van der Waals surface area contributed by atoms with Crippen LogP contribution in [0.1, 0.15) is 26.7 Å². The van der Waals surface area contributed by atoms with Crippen LogP contribution >= 0.6 is 0 Å². The Labute approximate surface area is 142 Å². The van der Waals surface area contributed by atoms with E-state index in [1.54, 1.807) is 0 Å². The summed E-state index contributed by atoms with van der Waals surface area (Å²) in [4.78, 5) is 0. The van der Waals surface area contributed by atoms with Crippen LogP contribution < -0.4 is 0 Å². The molecule has 0 unspecified atom stereocenters. The number of hydrogen-bond acceptors (Lipinski definition) is 0. The van der Waals surface area contributed by atoms with Gasteiger partial charge in [0, 0.05) is 98.1 Å². The van der Waals surface area contributed by atoms with Crippen LogP contribution in [0.3, 0.4) is 0 Å². The molecular weight excluding hydrogens is 350 g/mol. The van der Waals surface area contributed by atoms with Crippen molar-refractivity contribution in [2.75, 3.05) is 0 Å². The van der Waals surface area contributed by atoms with Crippen LogP contribution in [0.15, 0.2) is 0 Å². The molecule has 0 N–H and O–H groups in total. The van der Waals surface area contributed by atoms with Crippen LogP contribution in [0, 0.1) is 0 Å². The summed E-state index contributed by atoms with van der Waals surface area (Å²) in [5, 5.41) is 0. The molecule has 0 aromatic rings. The zero-order valence-electron chi connectivity index (χ0n) is 7.14. The van der Waals surface area contributed by atoms with E-state index in [9.17, 15) is 0 Å². The van der Waals surface area contributed by atoms with Crippen molar-refractivity contribution in [1.29, 1.82) is 0 Å². The SMILES string of the molecule is CCC[B-]CCC.[Y].[Y].[Y]. The minimum absolute atomic E-state index is 0. The summed E-state index contributed by atoms with van der Waals surface area (Å²) >= 11 is 0. The standard InChI is InChI=1S/C6H14B.3Y/c1-3-5-7-6-4-2;;;/h3-6H2,1-2H3;;;/q-1;;;. The molecule has 51 valence electrons.